The van der Waals surface area contributed by atoms with E-state index in [1.807, 2.05) is 0 Å². The molecule has 6 aliphatic heterocycles. The zero-order chi connectivity index (χ0) is 35.1. The lowest BCUT2D eigenvalue weighted by Gasteiger charge is -2.44. The minimum atomic E-state index is -5.81. The molecule has 0 aromatic rings. The second-order valence-electron chi connectivity index (χ2n) is 9.64. The molecule has 0 radical (unpaired) electrons. The average Bonchev–Trinajstić information content (AvgIpc) is 3.06. The fourth-order valence-corrected chi connectivity index (χ4v) is 12.8. The number of hydrogen-bond donors (Lipinski definition) is 5. The highest BCUT2D eigenvalue weighted by molar-refractivity contribution is 7.61. The molecule has 0 spiro atoms. The van der Waals surface area contributed by atoms with E-state index in [1.54, 1.807) is 0 Å². The van der Waals surface area contributed by atoms with Crippen molar-refractivity contribution >= 4 is 63.9 Å². The van der Waals surface area contributed by atoms with Gasteiger partial charge < -0.3 is 33.8 Å². The maximum Gasteiger partial charge on any atom is 0.748 e. The Bertz CT molecular complexity index is 1620. The highest BCUT2D eigenvalue weighted by Crippen LogP contribution is 2.68. The van der Waals surface area contributed by atoms with Gasteiger partial charge in [0.25, 0.3) is 0 Å². The number of phosphoric acid groups is 5. The van der Waals surface area contributed by atoms with E-state index < -0.39 is 139 Å². The lowest BCUT2D eigenvalue weighted by Crippen LogP contribution is -2.64. The molecule has 6 heterocycles. The Kier molecular flexibility index (Phi) is 10.8. The number of hydrogen-bond acceptors (Lipinski definition) is 23. The minimum absolute atomic E-state index is 0.807. The van der Waals surface area contributed by atoms with E-state index in [1.165, 1.54) is 0 Å². The zero-order valence-corrected chi connectivity index (χ0v) is 29.6. The summed E-state index contributed by atoms with van der Waals surface area (Å²) in [5, 5.41) is 0. The van der Waals surface area contributed by atoms with Crippen LogP contribution in [0.15, 0.2) is 0 Å². The van der Waals surface area contributed by atoms with Crippen LogP contribution in [0.2, 0.25) is 0 Å². The second kappa shape index (κ2) is 13.5. The van der Waals surface area contributed by atoms with Gasteiger partial charge in [0.15, 0.2) is 35.0 Å². The first-order valence-electron chi connectivity index (χ1n) is 12.2. The molecule has 0 bridgehead atoms. The number of ether oxygens (including phenoxy) is 3. The Morgan fingerprint density at radius 3 is 1.98 bits per heavy atom. The predicted molar refractivity (Wildman–Crippen MR) is 136 cm³/mol. The molecule has 28 nitrogen and oxygen atoms in total. The summed E-state index contributed by atoms with van der Waals surface area (Å²) >= 11 is 0. The first-order valence-corrected chi connectivity index (χ1v) is 23.0. The summed E-state index contributed by atoms with van der Waals surface area (Å²) in [7, 11) is -37.8. The Labute approximate surface area is 267 Å². The molecule has 0 aromatic carbocycles. The largest absolute Gasteiger partial charge is 0.748 e. The van der Waals surface area contributed by atoms with Crippen LogP contribution in [0, 0.1) is 0 Å². The van der Waals surface area contributed by atoms with Crippen molar-refractivity contribution in [1.29, 1.82) is 0 Å². The fraction of sp³-hybridized carbons (Fsp3) is 1.00. The molecular formula is C12H19O28P8+3. The van der Waals surface area contributed by atoms with Crippen LogP contribution in [-0.2, 0) is 104 Å². The molecule has 6 fully saturated rings. The van der Waals surface area contributed by atoms with Crippen molar-refractivity contribution in [2.45, 2.75) is 54.8 Å². The van der Waals surface area contributed by atoms with Crippen LogP contribution in [0.25, 0.3) is 0 Å². The molecule has 0 aliphatic carbocycles. The van der Waals surface area contributed by atoms with E-state index in [2.05, 4.69) is 21.8 Å². The summed E-state index contributed by atoms with van der Waals surface area (Å²) in [6, 6.07) is 0. The van der Waals surface area contributed by atoms with Crippen LogP contribution in [0.1, 0.15) is 0 Å². The SMILES string of the molecule is O=[P+]1OC[C@H]2O[C@H](O[C@@]34COP(=O)(O)OP(=O)(O)O[C@H]3[C@@H]3OP(=O)(O)OP(=O)(O)OC[C@H]3O4)[C@@H]3OP(=O)(O)O[P+](=O)O[C@H]3[C@@H]2O[P+](=O)O1. The van der Waals surface area contributed by atoms with Gasteiger partial charge in [-0.25, -0.2) is 22.8 Å². The van der Waals surface area contributed by atoms with Crippen molar-refractivity contribution in [2.75, 3.05) is 19.8 Å². The van der Waals surface area contributed by atoms with Crippen LogP contribution in [0.4, 0.5) is 0 Å². The van der Waals surface area contributed by atoms with Crippen LogP contribution >= 0.6 is 63.9 Å². The molecule has 5 N–H and O–H groups in total. The van der Waals surface area contributed by atoms with Crippen molar-refractivity contribution in [3.63, 3.8) is 0 Å². The highest BCUT2D eigenvalue weighted by Gasteiger charge is 2.70. The monoisotopic (exact) mass is 859 g/mol. The third kappa shape index (κ3) is 8.55. The molecule has 6 saturated heterocycles. The maximum absolute atomic E-state index is 12.8. The average molecular weight is 859 g/mol. The van der Waals surface area contributed by atoms with Gasteiger partial charge in [0.1, 0.15) is 31.5 Å². The standard InChI is InChI=1S/C12H16O28P8/c13-41-26-1-4-6(32-42(14)37-41)8-9(35-46(20,21)38-43(15)33-8)11(29-4)31-12-3-28-45(18,19)40-48(24,25)36-10(12)7-5(30-12)2-27-44(16,17)39-47(22,23)34-7/h4-11H,1-3H2,(H2-3,16,17,18,19,20,21,22,23,24,25)/p+3/t4-,5-,6-,7-,8+,9-,10+,11-,12+/m1/s1. The van der Waals surface area contributed by atoms with E-state index in [0.29, 0.717) is 0 Å². The summed E-state index contributed by atoms with van der Waals surface area (Å²) in [6.07, 6.45) is -16.6. The number of phosphoric ester groups is 5. The van der Waals surface area contributed by atoms with Gasteiger partial charge in [0, 0.05) is 13.7 Å². The van der Waals surface area contributed by atoms with Crippen LogP contribution in [0.5, 0.6) is 0 Å². The normalized spacial score (nSPS) is 55.9. The van der Waals surface area contributed by atoms with E-state index in [-0.39, 0.29) is 0 Å². The summed E-state index contributed by atoms with van der Waals surface area (Å²) in [4.78, 5) is 50.3. The van der Waals surface area contributed by atoms with Gasteiger partial charge in [-0.05, 0) is 4.31 Å². The maximum atomic E-state index is 12.8. The minimum Gasteiger partial charge on any atom is -0.341 e. The Morgan fingerprint density at radius 1 is 0.646 bits per heavy atom. The van der Waals surface area contributed by atoms with Gasteiger partial charge in [-0.2, -0.15) is 8.62 Å². The Hall–Kier alpha value is 0.650. The molecule has 0 amide bonds. The van der Waals surface area contributed by atoms with Gasteiger partial charge in [0.2, 0.25) is 5.79 Å². The summed E-state index contributed by atoms with van der Waals surface area (Å²) in [5.74, 6) is -3.05. The van der Waals surface area contributed by atoms with Crippen LogP contribution in [-0.4, -0.2) is 99.1 Å². The predicted octanol–water partition coefficient (Wildman–Crippen LogP) is 1.39. The lowest BCUT2D eigenvalue weighted by molar-refractivity contribution is -0.376. The summed E-state index contributed by atoms with van der Waals surface area (Å²) in [5.41, 5.74) is 0. The van der Waals surface area contributed by atoms with Gasteiger partial charge in [-0.3, -0.25) is 27.5 Å². The summed E-state index contributed by atoms with van der Waals surface area (Å²) < 4.78 is 173. The Balaban J connectivity index is 1.44. The van der Waals surface area contributed by atoms with Gasteiger partial charge in [-0.15, -0.1) is 13.6 Å². The van der Waals surface area contributed by atoms with Crippen molar-refractivity contribution in [3.05, 3.63) is 0 Å². The third-order valence-electron chi connectivity index (χ3n) is 6.42. The molecule has 0 aromatic heterocycles. The fourth-order valence-electron chi connectivity index (χ4n) is 4.83. The number of rotatable bonds is 2. The number of fused-ring (bicyclic) bond motifs is 6. The molecule has 0 saturated carbocycles. The van der Waals surface area contributed by atoms with E-state index in [0.717, 1.165) is 0 Å². The third-order valence-corrected chi connectivity index (χ3v) is 15.8. The summed E-state index contributed by atoms with van der Waals surface area (Å²) in [6.45, 7) is -3.39. The van der Waals surface area contributed by atoms with E-state index in [9.17, 15) is 61.0 Å². The van der Waals surface area contributed by atoms with E-state index in [4.69, 9.17) is 45.9 Å². The molecule has 48 heavy (non-hydrogen) atoms. The molecule has 6 aliphatic rings. The molecule has 36 heteroatoms. The second-order valence-corrected chi connectivity index (χ2v) is 20.1. The first kappa shape index (κ1) is 38.4. The van der Waals surface area contributed by atoms with Crippen molar-refractivity contribution in [3.8, 4) is 0 Å². The van der Waals surface area contributed by atoms with Crippen molar-refractivity contribution in [1.82, 2.24) is 0 Å². The molecule has 17 atom stereocenters. The first-order chi connectivity index (χ1) is 22.1. The Morgan fingerprint density at radius 2 is 1.27 bits per heavy atom. The van der Waals surface area contributed by atoms with Crippen molar-refractivity contribution in [2.24, 2.45) is 0 Å². The van der Waals surface area contributed by atoms with E-state index >= 15 is 0 Å². The molecular weight excluding hydrogens is 840 g/mol. The smallest absolute Gasteiger partial charge is 0.341 e. The van der Waals surface area contributed by atoms with Gasteiger partial charge in [0.05, 0.1) is 6.61 Å². The van der Waals surface area contributed by atoms with Gasteiger partial charge >= 0.3 is 63.9 Å². The topological polar surface area (TPSA) is 376 Å². The molecule has 6 rings (SSSR count). The quantitative estimate of drug-likeness (QED) is 0.245. The molecule has 8 unspecified atom stereocenters. The van der Waals surface area contributed by atoms with Gasteiger partial charge in [-0.1, -0.05) is 0 Å². The van der Waals surface area contributed by atoms with Crippen molar-refractivity contribution < 1.29 is 129 Å². The zero-order valence-electron chi connectivity index (χ0n) is 22.4. The lowest BCUT2D eigenvalue weighted by atomic mass is 9.99. The van der Waals surface area contributed by atoms with Crippen LogP contribution < -0.4 is 0 Å². The molecule has 272 valence electrons. The highest BCUT2D eigenvalue weighted by atomic mass is 31.3. The van der Waals surface area contributed by atoms with Crippen LogP contribution in [0.3, 0.4) is 0 Å².